The van der Waals surface area contributed by atoms with Gasteiger partial charge in [-0.15, -0.1) is 0 Å². The topological polar surface area (TPSA) is 68.4 Å². The van der Waals surface area contributed by atoms with Crippen LogP contribution in [0.3, 0.4) is 0 Å². The zero-order valence-corrected chi connectivity index (χ0v) is 15.7. The summed E-state index contributed by atoms with van der Waals surface area (Å²) < 4.78 is 3.07. The number of carbonyl (C=O) groups is 1. The fourth-order valence-electron chi connectivity index (χ4n) is 2.96. The van der Waals surface area contributed by atoms with Gasteiger partial charge in [0.1, 0.15) is 5.69 Å². The van der Waals surface area contributed by atoms with Crippen LogP contribution in [0.1, 0.15) is 37.2 Å². The Labute approximate surface area is 156 Å². The molecule has 0 saturated carbocycles. The Balaban J connectivity index is 2.06. The molecular weight excluding hydrogens is 352 g/mol. The molecule has 6 nitrogen and oxygen atoms in total. The summed E-state index contributed by atoms with van der Waals surface area (Å²) in [4.78, 5) is 29.3. The van der Waals surface area contributed by atoms with Crippen LogP contribution in [0.4, 0.5) is 0 Å². The van der Waals surface area contributed by atoms with Crippen LogP contribution in [0.2, 0.25) is 5.02 Å². The number of benzene rings is 1. The van der Waals surface area contributed by atoms with Crippen LogP contribution >= 0.6 is 11.6 Å². The molecule has 3 rings (SSSR count). The Morgan fingerprint density at radius 1 is 1.31 bits per heavy atom. The minimum absolute atomic E-state index is 0.0545. The standard InChI is InChI=1S/C19H21ClN4O2/c1-4-7-12(2)21-18(25)15-10-24-11-16(13-8-5-6-9-14(13)20)23(3)19(26)17(24)22-15/h5-6,8-12H,4,7H2,1-3H3,(H,21,25)/t12-/m0/s1. The average molecular weight is 373 g/mol. The molecule has 7 heteroatoms. The lowest BCUT2D eigenvalue weighted by atomic mass is 10.1. The van der Waals surface area contributed by atoms with E-state index in [0.29, 0.717) is 10.7 Å². The molecule has 26 heavy (non-hydrogen) atoms. The number of nitrogens with one attached hydrogen (secondary N) is 1. The summed E-state index contributed by atoms with van der Waals surface area (Å²) in [5.74, 6) is -0.281. The number of nitrogens with zero attached hydrogens (tertiary/aromatic N) is 3. The molecule has 1 aromatic carbocycles. The van der Waals surface area contributed by atoms with Crippen molar-refractivity contribution in [2.45, 2.75) is 32.7 Å². The van der Waals surface area contributed by atoms with Crippen LogP contribution in [0.15, 0.2) is 41.5 Å². The second-order valence-corrected chi connectivity index (χ2v) is 6.79. The first-order chi connectivity index (χ1) is 12.4. The van der Waals surface area contributed by atoms with Gasteiger partial charge in [0.25, 0.3) is 11.5 Å². The molecule has 0 bridgehead atoms. The van der Waals surface area contributed by atoms with Crippen LogP contribution in [-0.4, -0.2) is 25.9 Å². The molecular formula is C19H21ClN4O2. The van der Waals surface area contributed by atoms with Crippen LogP contribution in [0.5, 0.6) is 0 Å². The Morgan fingerprint density at radius 2 is 2.04 bits per heavy atom. The Morgan fingerprint density at radius 3 is 2.73 bits per heavy atom. The quantitative estimate of drug-likeness (QED) is 0.747. The summed E-state index contributed by atoms with van der Waals surface area (Å²) in [6, 6.07) is 7.36. The summed E-state index contributed by atoms with van der Waals surface area (Å²) in [7, 11) is 1.67. The molecule has 2 heterocycles. The van der Waals surface area contributed by atoms with Gasteiger partial charge in [-0.2, -0.15) is 0 Å². The number of fused-ring (bicyclic) bond motifs is 1. The molecule has 1 N–H and O–H groups in total. The summed E-state index contributed by atoms with van der Waals surface area (Å²) in [6.45, 7) is 4.01. The second kappa shape index (κ2) is 7.33. The van der Waals surface area contributed by atoms with Crippen molar-refractivity contribution in [2.75, 3.05) is 0 Å². The summed E-state index contributed by atoms with van der Waals surface area (Å²) in [5, 5.41) is 3.45. The van der Waals surface area contributed by atoms with Crippen molar-refractivity contribution in [1.82, 2.24) is 19.3 Å². The van der Waals surface area contributed by atoms with Crippen molar-refractivity contribution < 1.29 is 4.79 Å². The Bertz CT molecular complexity index is 1020. The van der Waals surface area contributed by atoms with Crippen LogP contribution < -0.4 is 10.9 Å². The van der Waals surface area contributed by atoms with Crippen molar-refractivity contribution in [2.24, 2.45) is 7.05 Å². The van der Waals surface area contributed by atoms with E-state index in [1.54, 1.807) is 29.9 Å². The summed E-state index contributed by atoms with van der Waals surface area (Å²) in [5.41, 5.74) is 1.53. The van der Waals surface area contributed by atoms with E-state index in [1.165, 1.54) is 4.57 Å². The van der Waals surface area contributed by atoms with Crippen LogP contribution in [0.25, 0.3) is 16.9 Å². The first-order valence-corrected chi connectivity index (χ1v) is 8.94. The molecule has 0 fully saturated rings. The highest BCUT2D eigenvalue weighted by atomic mass is 35.5. The van der Waals surface area contributed by atoms with Crippen molar-refractivity contribution in [1.29, 1.82) is 0 Å². The van der Waals surface area contributed by atoms with Gasteiger partial charge >= 0.3 is 0 Å². The number of halogens is 1. The van der Waals surface area contributed by atoms with E-state index in [1.807, 2.05) is 25.1 Å². The van der Waals surface area contributed by atoms with Crippen molar-refractivity contribution in [3.63, 3.8) is 0 Å². The fraction of sp³-hybridized carbons (Fsp3) is 0.316. The fourth-order valence-corrected chi connectivity index (χ4v) is 3.19. The van der Waals surface area contributed by atoms with Gasteiger partial charge in [-0.05, 0) is 19.4 Å². The van der Waals surface area contributed by atoms with Gasteiger partial charge in [0.2, 0.25) is 5.65 Å². The number of hydrogen-bond donors (Lipinski definition) is 1. The molecule has 0 aliphatic heterocycles. The zero-order chi connectivity index (χ0) is 18.8. The maximum Gasteiger partial charge on any atom is 0.294 e. The SMILES string of the molecule is CCC[C@H](C)NC(=O)c1cn2cc(-c3ccccc3Cl)n(C)c(=O)c2n1. The highest BCUT2D eigenvalue weighted by Gasteiger charge is 2.17. The van der Waals surface area contributed by atoms with Gasteiger partial charge in [0.15, 0.2) is 0 Å². The van der Waals surface area contributed by atoms with E-state index >= 15 is 0 Å². The molecule has 0 aliphatic rings. The Kier molecular flexibility index (Phi) is 5.13. The van der Waals surface area contributed by atoms with E-state index in [4.69, 9.17) is 11.6 Å². The van der Waals surface area contributed by atoms with Gasteiger partial charge in [0.05, 0.1) is 5.69 Å². The number of rotatable bonds is 5. The normalized spacial score (nSPS) is 12.3. The molecule has 0 saturated heterocycles. The smallest absolute Gasteiger partial charge is 0.294 e. The Hall–Kier alpha value is -2.60. The third-order valence-electron chi connectivity index (χ3n) is 4.33. The van der Waals surface area contributed by atoms with Gasteiger partial charge in [-0.25, -0.2) is 4.98 Å². The molecule has 136 valence electrons. The molecule has 1 amide bonds. The lowest BCUT2D eigenvalue weighted by Crippen LogP contribution is -2.32. The van der Waals surface area contributed by atoms with Crippen molar-refractivity contribution >= 4 is 23.2 Å². The third kappa shape index (κ3) is 3.37. The largest absolute Gasteiger partial charge is 0.348 e. The average Bonchev–Trinajstić information content (AvgIpc) is 3.03. The highest BCUT2D eigenvalue weighted by Crippen LogP contribution is 2.26. The molecule has 0 unspecified atom stereocenters. The minimum atomic E-state index is -0.289. The first kappa shape index (κ1) is 18.2. The van der Waals surface area contributed by atoms with E-state index in [9.17, 15) is 9.59 Å². The molecule has 3 aromatic rings. The molecule has 1 atom stereocenters. The molecule has 0 spiro atoms. The summed E-state index contributed by atoms with van der Waals surface area (Å²) >= 11 is 6.27. The van der Waals surface area contributed by atoms with E-state index in [-0.39, 0.29) is 28.8 Å². The number of carbonyl (C=O) groups excluding carboxylic acids is 1. The number of amides is 1. The predicted molar refractivity (Wildman–Crippen MR) is 103 cm³/mol. The summed E-state index contributed by atoms with van der Waals surface area (Å²) in [6.07, 6.45) is 5.20. The van der Waals surface area contributed by atoms with Crippen LogP contribution in [-0.2, 0) is 7.05 Å². The van der Waals surface area contributed by atoms with Gasteiger partial charge in [-0.1, -0.05) is 43.1 Å². The first-order valence-electron chi connectivity index (χ1n) is 8.56. The maximum absolute atomic E-state index is 12.7. The highest BCUT2D eigenvalue weighted by molar-refractivity contribution is 6.33. The van der Waals surface area contributed by atoms with Crippen molar-refractivity contribution in [3.8, 4) is 11.3 Å². The molecule has 2 aromatic heterocycles. The monoisotopic (exact) mass is 372 g/mol. The van der Waals surface area contributed by atoms with Crippen LogP contribution in [0, 0.1) is 0 Å². The van der Waals surface area contributed by atoms with E-state index in [0.717, 1.165) is 18.4 Å². The number of aromatic nitrogens is 3. The zero-order valence-electron chi connectivity index (χ0n) is 15.0. The minimum Gasteiger partial charge on any atom is -0.348 e. The van der Waals surface area contributed by atoms with E-state index in [2.05, 4.69) is 17.2 Å². The maximum atomic E-state index is 12.7. The lowest BCUT2D eigenvalue weighted by molar-refractivity contribution is 0.0934. The second-order valence-electron chi connectivity index (χ2n) is 6.38. The van der Waals surface area contributed by atoms with Gasteiger partial charge in [-0.3, -0.25) is 14.0 Å². The third-order valence-corrected chi connectivity index (χ3v) is 4.66. The van der Waals surface area contributed by atoms with E-state index < -0.39 is 0 Å². The van der Waals surface area contributed by atoms with Gasteiger partial charge in [0, 0.05) is 36.1 Å². The molecule has 0 aliphatic carbocycles. The lowest BCUT2D eigenvalue weighted by Gasteiger charge is -2.10. The number of hydrogen-bond acceptors (Lipinski definition) is 3. The predicted octanol–water partition coefficient (Wildman–Crippen LogP) is 3.27. The molecule has 0 radical (unpaired) electrons. The van der Waals surface area contributed by atoms with Gasteiger partial charge < -0.3 is 9.88 Å². The number of imidazole rings is 1. The van der Waals surface area contributed by atoms with Crippen molar-refractivity contribution in [3.05, 3.63) is 57.7 Å².